The third-order valence-electron chi connectivity index (χ3n) is 2.79. The molecule has 2 rings (SSSR count). The highest BCUT2D eigenvalue weighted by Crippen LogP contribution is 2.15. The van der Waals surface area contributed by atoms with Gasteiger partial charge in [-0.2, -0.15) is 0 Å². The van der Waals surface area contributed by atoms with E-state index in [1.807, 2.05) is 24.3 Å². The highest BCUT2D eigenvalue weighted by atomic mass is 127. The van der Waals surface area contributed by atoms with Crippen molar-refractivity contribution in [1.29, 1.82) is 0 Å². The highest BCUT2D eigenvalue weighted by Gasteiger charge is 2.04. The molecular formula is C17H14INO2. The summed E-state index contributed by atoms with van der Waals surface area (Å²) < 4.78 is 1.09. The van der Waals surface area contributed by atoms with Crippen molar-refractivity contribution in [3.8, 4) is 0 Å². The van der Waals surface area contributed by atoms with E-state index in [4.69, 9.17) is 0 Å². The van der Waals surface area contributed by atoms with Gasteiger partial charge < -0.3 is 5.32 Å². The minimum Gasteiger partial charge on any atom is -0.326 e. The van der Waals surface area contributed by atoms with Gasteiger partial charge in [-0.1, -0.05) is 36.4 Å². The van der Waals surface area contributed by atoms with Gasteiger partial charge in [0.15, 0.2) is 5.78 Å². The van der Waals surface area contributed by atoms with Gasteiger partial charge in [0.2, 0.25) is 5.91 Å². The molecule has 21 heavy (non-hydrogen) atoms. The lowest BCUT2D eigenvalue weighted by Crippen LogP contribution is -2.06. The fourth-order valence-electron chi connectivity index (χ4n) is 1.83. The van der Waals surface area contributed by atoms with Crippen LogP contribution in [-0.2, 0) is 4.79 Å². The normalized spacial score (nSPS) is 10.6. The van der Waals surface area contributed by atoms with Gasteiger partial charge in [-0.3, -0.25) is 9.59 Å². The Bertz CT molecular complexity index is 707. The molecule has 0 unspecified atom stereocenters. The Kier molecular flexibility index (Phi) is 5.27. The smallest absolute Gasteiger partial charge is 0.221 e. The number of ketones is 1. The molecule has 0 atom stereocenters. The first-order valence-electron chi connectivity index (χ1n) is 6.41. The van der Waals surface area contributed by atoms with Crippen molar-refractivity contribution in [3.05, 3.63) is 69.3 Å². The summed E-state index contributed by atoms with van der Waals surface area (Å²) in [5.74, 6) is -0.254. The first-order chi connectivity index (χ1) is 10.1. The quantitative estimate of drug-likeness (QED) is 0.484. The Morgan fingerprint density at radius 1 is 1.10 bits per heavy atom. The third-order valence-corrected chi connectivity index (χ3v) is 3.77. The van der Waals surface area contributed by atoms with Crippen LogP contribution in [0.25, 0.3) is 6.08 Å². The van der Waals surface area contributed by atoms with Crippen molar-refractivity contribution in [3.63, 3.8) is 0 Å². The summed E-state index contributed by atoms with van der Waals surface area (Å²) in [6.45, 7) is 1.44. The number of amides is 1. The Balaban J connectivity index is 2.17. The number of allylic oxidation sites excluding steroid dienone is 1. The maximum Gasteiger partial charge on any atom is 0.221 e. The molecule has 3 nitrogen and oxygen atoms in total. The van der Waals surface area contributed by atoms with E-state index in [9.17, 15) is 9.59 Å². The zero-order valence-electron chi connectivity index (χ0n) is 11.5. The number of carbonyl (C=O) groups excluding carboxylic acids is 2. The standard InChI is InChI=1S/C17H14INO2/c1-12(20)19-15-7-4-6-14(11-15)17(21)10-9-13-5-2-3-8-16(13)18/h2-11H,1H3,(H,19,20)/b10-9+. The van der Waals surface area contributed by atoms with Gasteiger partial charge in [0, 0.05) is 21.7 Å². The number of rotatable bonds is 4. The first-order valence-corrected chi connectivity index (χ1v) is 7.49. The summed E-state index contributed by atoms with van der Waals surface area (Å²) in [5.41, 5.74) is 2.17. The van der Waals surface area contributed by atoms with Gasteiger partial charge in [0.1, 0.15) is 0 Å². The minimum absolute atomic E-state index is 0.0955. The number of hydrogen-bond donors (Lipinski definition) is 1. The molecule has 0 heterocycles. The molecule has 1 amide bonds. The van der Waals surface area contributed by atoms with E-state index in [1.54, 1.807) is 36.4 Å². The summed E-state index contributed by atoms with van der Waals surface area (Å²) in [5, 5.41) is 2.67. The van der Waals surface area contributed by atoms with Crippen molar-refractivity contribution in [1.82, 2.24) is 0 Å². The zero-order chi connectivity index (χ0) is 15.2. The van der Waals surface area contributed by atoms with Crippen molar-refractivity contribution in [2.24, 2.45) is 0 Å². The third kappa shape index (κ3) is 4.53. The lowest BCUT2D eigenvalue weighted by atomic mass is 10.1. The van der Waals surface area contributed by atoms with E-state index in [-0.39, 0.29) is 11.7 Å². The van der Waals surface area contributed by atoms with Gasteiger partial charge in [0.25, 0.3) is 0 Å². The van der Waals surface area contributed by atoms with Crippen LogP contribution in [0.4, 0.5) is 5.69 Å². The summed E-state index contributed by atoms with van der Waals surface area (Å²) in [6.07, 6.45) is 3.35. The van der Waals surface area contributed by atoms with E-state index in [1.165, 1.54) is 6.92 Å². The van der Waals surface area contributed by atoms with E-state index < -0.39 is 0 Å². The average molecular weight is 391 g/mol. The average Bonchev–Trinajstić information content (AvgIpc) is 2.45. The Morgan fingerprint density at radius 2 is 1.86 bits per heavy atom. The van der Waals surface area contributed by atoms with Crippen LogP contribution in [-0.4, -0.2) is 11.7 Å². The van der Waals surface area contributed by atoms with Gasteiger partial charge in [-0.05, 0) is 52.4 Å². The number of carbonyl (C=O) groups is 2. The van der Waals surface area contributed by atoms with Crippen LogP contribution in [0.15, 0.2) is 54.6 Å². The fraction of sp³-hybridized carbons (Fsp3) is 0.0588. The van der Waals surface area contributed by atoms with Crippen molar-refractivity contribution < 1.29 is 9.59 Å². The molecule has 4 heteroatoms. The number of halogens is 1. The summed E-state index contributed by atoms with van der Waals surface area (Å²) in [7, 11) is 0. The lowest BCUT2D eigenvalue weighted by molar-refractivity contribution is -0.114. The topological polar surface area (TPSA) is 46.2 Å². The second kappa shape index (κ2) is 7.17. The molecule has 2 aromatic rings. The Hall–Kier alpha value is -1.95. The first kappa shape index (κ1) is 15.4. The van der Waals surface area contributed by atoms with Crippen molar-refractivity contribution in [2.75, 3.05) is 5.32 Å². The summed E-state index contributed by atoms with van der Waals surface area (Å²) in [6, 6.07) is 14.7. The van der Waals surface area contributed by atoms with Crippen LogP contribution in [0.3, 0.4) is 0 Å². The predicted octanol–water partition coefficient (Wildman–Crippen LogP) is 4.15. The number of anilines is 1. The molecule has 0 saturated heterocycles. The minimum atomic E-state index is -0.158. The summed E-state index contributed by atoms with van der Waals surface area (Å²) in [4.78, 5) is 23.2. The van der Waals surface area contributed by atoms with Gasteiger partial charge >= 0.3 is 0 Å². The molecule has 106 valence electrons. The van der Waals surface area contributed by atoms with Crippen LogP contribution in [0.5, 0.6) is 0 Å². The predicted molar refractivity (Wildman–Crippen MR) is 93.3 cm³/mol. The summed E-state index contributed by atoms with van der Waals surface area (Å²) >= 11 is 2.23. The molecular weight excluding hydrogens is 377 g/mol. The largest absolute Gasteiger partial charge is 0.326 e. The van der Waals surface area contributed by atoms with Crippen molar-refractivity contribution in [2.45, 2.75) is 6.92 Å². The van der Waals surface area contributed by atoms with E-state index in [0.717, 1.165) is 9.13 Å². The Labute approximate surface area is 137 Å². The number of hydrogen-bond acceptors (Lipinski definition) is 2. The van der Waals surface area contributed by atoms with Crippen LogP contribution < -0.4 is 5.32 Å². The molecule has 0 fully saturated rings. The van der Waals surface area contributed by atoms with E-state index in [0.29, 0.717) is 11.3 Å². The highest BCUT2D eigenvalue weighted by molar-refractivity contribution is 14.1. The molecule has 0 aromatic heterocycles. The fourth-order valence-corrected chi connectivity index (χ4v) is 2.39. The zero-order valence-corrected chi connectivity index (χ0v) is 13.6. The Morgan fingerprint density at radius 3 is 2.57 bits per heavy atom. The molecule has 0 spiro atoms. The van der Waals surface area contributed by atoms with Gasteiger partial charge in [-0.25, -0.2) is 0 Å². The maximum atomic E-state index is 12.2. The molecule has 1 N–H and O–H groups in total. The van der Waals surface area contributed by atoms with Crippen LogP contribution >= 0.6 is 22.6 Å². The molecule has 0 aliphatic heterocycles. The van der Waals surface area contributed by atoms with Crippen molar-refractivity contribution >= 4 is 46.0 Å². The van der Waals surface area contributed by atoms with Gasteiger partial charge in [0.05, 0.1) is 0 Å². The van der Waals surface area contributed by atoms with Crippen LogP contribution in [0.1, 0.15) is 22.8 Å². The van der Waals surface area contributed by atoms with Crippen LogP contribution in [0, 0.1) is 3.57 Å². The molecule has 0 saturated carbocycles. The maximum absolute atomic E-state index is 12.2. The molecule has 2 aromatic carbocycles. The van der Waals surface area contributed by atoms with Gasteiger partial charge in [-0.15, -0.1) is 0 Å². The molecule has 0 aliphatic carbocycles. The molecule has 0 radical (unpaired) electrons. The lowest BCUT2D eigenvalue weighted by Gasteiger charge is -2.03. The van der Waals surface area contributed by atoms with E-state index >= 15 is 0 Å². The molecule has 0 bridgehead atoms. The molecule has 0 aliphatic rings. The second-order valence-electron chi connectivity index (χ2n) is 4.48. The number of nitrogens with one attached hydrogen (secondary N) is 1. The SMILES string of the molecule is CC(=O)Nc1cccc(C(=O)/C=C/c2ccccc2I)c1. The number of benzene rings is 2. The second-order valence-corrected chi connectivity index (χ2v) is 5.64. The monoisotopic (exact) mass is 391 g/mol. The van der Waals surface area contributed by atoms with Crippen LogP contribution in [0.2, 0.25) is 0 Å². The van der Waals surface area contributed by atoms with E-state index in [2.05, 4.69) is 27.9 Å².